The number of halogens is 1. The quantitative estimate of drug-likeness (QED) is 0.433. The van der Waals surface area contributed by atoms with Crippen LogP contribution in [0.3, 0.4) is 0 Å². The fourth-order valence-corrected chi connectivity index (χ4v) is 5.43. The van der Waals surface area contributed by atoms with E-state index in [4.69, 9.17) is 0 Å². The average molecular weight is 491 g/mol. The predicted molar refractivity (Wildman–Crippen MR) is 122 cm³/mol. The number of hydrogen-bond acceptors (Lipinski definition) is 6. The predicted octanol–water partition coefficient (Wildman–Crippen LogP) is 1.79. The molecule has 0 bridgehead atoms. The molecular weight excluding hydrogens is 463 g/mol. The van der Waals surface area contributed by atoms with E-state index < -0.39 is 27.9 Å². The molecule has 0 saturated carbocycles. The van der Waals surface area contributed by atoms with Crippen LogP contribution < -0.4 is 10.0 Å². The first-order valence-electron chi connectivity index (χ1n) is 11.2. The van der Waals surface area contributed by atoms with Crippen molar-refractivity contribution in [2.24, 2.45) is 5.92 Å². The number of carbonyl (C=O) groups is 2. The smallest absolute Gasteiger partial charge is 0.323 e. The Bertz CT molecular complexity index is 1170. The minimum absolute atomic E-state index is 0.188. The first-order chi connectivity index (χ1) is 16.2. The highest BCUT2D eigenvalue weighted by Gasteiger charge is 2.39. The van der Waals surface area contributed by atoms with E-state index >= 15 is 0 Å². The van der Waals surface area contributed by atoms with Gasteiger partial charge in [-0.05, 0) is 68.0 Å². The molecule has 3 heterocycles. The van der Waals surface area contributed by atoms with E-state index in [-0.39, 0.29) is 23.3 Å². The first kappa shape index (κ1) is 24.1. The summed E-state index contributed by atoms with van der Waals surface area (Å²) in [5.41, 5.74) is 2.20. The Morgan fingerprint density at radius 2 is 2.03 bits per heavy atom. The zero-order valence-corrected chi connectivity index (χ0v) is 19.4. The molecule has 1 unspecified atom stereocenters. The summed E-state index contributed by atoms with van der Waals surface area (Å²) in [4.78, 5) is 29.9. The molecule has 34 heavy (non-hydrogen) atoms. The van der Waals surface area contributed by atoms with Crippen LogP contribution in [0.2, 0.25) is 0 Å². The molecular formula is C23H27FN4O5S. The molecule has 1 aromatic heterocycles. The highest BCUT2D eigenvalue weighted by atomic mass is 32.2. The normalized spacial score (nSPS) is 18.6. The SMILES string of the molecule is O=C(O)C(CN1C[C@@H](CCCc2ccc3c(n2)NCCC3)C1=O)NS(=O)(=O)c1ccc(F)cc1. The van der Waals surface area contributed by atoms with E-state index in [2.05, 4.69) is 21.1 Å². The number of sulfonamides is 1. The van der Waals surface area contributed by atoms with Crippen molar-refractivity contribution in [3.8, 4) is 0 Å². The fraction of sp³-hybridized carbons (Fsp3) is 0.435. The number of hydrogen-bond donors (Lipinski definition) is 3. The van der Waals surface area contributed by atoms with E-state index in [1.165, 1.54) is 10.5 Å². The van der Waals surface area contributed by atoms with Crippen molar-refractivity contribution in [1.82, 2.24) is 14.6 Å². The summed E-state index contributed by atoms with van der Waals surface area (Å²) in [6, 6.07) is 6.66. The highest BCUT2D eigenvalue weighted by molar-refractivity contribution is 7.89. The Morgan fingerprint density at radius 1 is 1.26 bits per heavy atom. The van der Waals surface area contributed by atoms with Crippen molar-refractivity contribution in [1.29, 1.82) is 0 Å². The van der Waals surface area contributed by atoms with Gasteiger partial charge in [-0.3, -0.25) is 9.59 Å². The van der Waals surface area contributed by atoms with Crippen LogP contribution in [0.4, 0.5) is 10.2 Å². The molecule has 3 N–H and O–H groups in total. The van der Waals surface area contributed by atoms with Crippen LogP contribution in [0, 0.1) is 11.7 Å². The molecule has 1 aromatic carbocycles. The maximum absolute atomic E-state index is 13.1. The van der Waals surface area contributed by atoms with Gasteiger partial charge in [0, 0.05) is 25.3 Å². The van der Waals surface area contributed by atoms with Gasteiger partial charge >= 0.3 is 5.97 Å². The fourth-order valence-electron chi connectivity index (χ4n) is 4.25. The molecule has 2 atom stereocenters. The van der Waals surface area contributed by atoms with E-state index in [1.807, 2.05) is 6.07 Å². The highest BCUT2D eigenvalue weighted by Crippen LogP contribution is 2.25. The lowest BCUT2D eigenvalue weighted by Crippen LogP contribution is -2.58. The monoisotopic (exact) mass is 490 g/mol. The maximum atomic E-state index is 13.1. The lowest BCUT2D eigenvalue weighted by Gasteiger charge is -2.40. The Hall–Kier alpha value is -3.05. The standard InChI is InChI=1S/C23H27FN4O5S/c24-17-7-10-19(11-8-17)34(32,33)27-20(23(30)31)14-28-13-16(22(28)29)3-1-5-18-9-6-15-4-2-12-25-21(15)26-18/h6-11,16,20,27H,1-5,12-14H2,(H,25,26)(H,30,31)/t16-,20?/m1/s1. The Kier molecular flexibility index (Phi) is 7.13. The van der Waals surface area contributed by atoms with Crippen molar-refractivity contribution in [2.75, 3.05) is 25.0 Å². The number of pyridine rings is 1. The summed E-state index contributed by atoms with van der Waals surface area (Å²) in [5.74, 6) is -1.46. The molecule has 182 valence electrons. The van der Waals surface area contributed by atoms with Gasteiger partial charge in [-0.1, -0.05) is 6.07 Å². The lowest BCUT2D eigenvalue weighted by atomic mass is 9.91. The number of anilines is 1. The van der Waals surface area contributed by atoms with Crippen molar-refractivity contribution in [3.63, 3.8) is 0 Å². The molecule has 1 saturated heterocycles. The summed E-state index contributed by atoms with van der Waals surface area (Å²) < 4.78 is 40.1. The number of amides is 1. The molecule has 2 aliphatic rings. The number of likely N-dealkylation sites (tertiary alicyclic amines) is 1. The number of aromatic nitrogens is 1. The van der Waals surface area contributed by atoms with Gasteiger partial charge in [0.15, 0.2) is 0 Å². The minimum Gasteiger partial charge on any atom is -0.480 e. The third kappa shape index (κ3) is 5.53. The van der Waals surface area contributed by atoms with Gasteiger partial charge in [-0.2, -0.15) is 4.72 Å². The molecule has 0 radical (unpaired) electrons. The van der Waals surface area contributed by atoms with Crippen LogP contribution in [-0.2, 0) is 32.5 Å². The van der Waals surface area contributed by atoms with E-state index in [1.54, 1.807) is 0 Å². The van der Waals surface area contributed by atoms with Crippen LogP contribution >= 0.6 is 0 Å². The number of nitrogens with one attached hydrogen (secondary N) is 2. The second-order valence-electron chi connectivity index (χ2n) is 8.64. The molecule has 4 rings (SSSR count). The topological polar surface area (TPSA) is 129 Å². The summed E-state index contributed by atoms with van der Waals surface area (Å²) in [6.45, 7) is 1.02. The van der Waals surface area contributed by atoms with Crippen LogP contribution in [0.1, 0.15) is 30.5 Å². The summed E-state index contributed by atoms with van der Waals surface area (Å²) >= 11 is 0. The van der Waals surface area contributed by atoms with Gasteiger partial charge in [0.1, 0.15) is 17.7 Å². The number of β-lactam (4-membered cyclic amide) rings is 1. The summed E-state index contributed by atoms with van der Waals surface area (Å²) in [5, 5.41) is 12.8. The second kappa shape index (κ2) is 10.1. The number of fused-ring (bicyclic) bond motifs is 1. The van der Waals surface area contributed by atoms with Gasteiger partial charge in [0.05, 0.1) is 10.8 Å². The van der Waals surface area contributed by atoms with Gasteiger partial charge in [-0.25, -0.2) is 17.8 Å². The molecule has 2 aromatic rings. The Balaban J connectivity index is 1.26. The van der Waals surface area contributed by atoms with Crippen molar-refractivity contribution in [2.45, 2.75) is 43.0 Å². The third-order valence-corrected chi connectivity index (χ3v) is 7.65. The molecule has 1 amide bonds. The van der Waals surface area contributed by atoms with Gasteiger partial charge in [0.25, 0.3) is 0 Å². The van der Waals surface area contributed by atoms with Crippen molar-refractivity contribution in [3.05, 3.63) is 53.5 Å². The number of carboxylic acids is 1. The average Bonchev–Trinajstić information content (AvgIpc) is 2.82. The molecule has 0 aliphatic carbocycles. The van der Waals surface area contributed by atoms with Crippen LogP contribution in [0.15, 0.2) is 41.3 Å². The molecule has 11 heteroatoms. The summed E-state index contributed by atoms with van der Waals surface area (Å²) in [7, 11) is -4.18. The first-order valence-corrected chi connectivity index (χ1v) is 12.7. The van der Waals surface area contributed by atoms with Crippen molar-refractivity contribution >= 4 is 27.7 Å². The van der Waals surface area contributed by atoms with Crippen molar-refractivity contribution < 1.29 is 27.5 Å². The van der Waals surface area contributed by atoms with E-state index in [0.29, 0.717) is 13.0 Å². The zero-order chi connectivity index (χ0) is 24.3. The number of rotatable bonds is 10. The van der Waals surface area contributed by atoms with Gasteiger partial charge < -0.3 is 15.3 Å². The maximum Gasteiger partial charge on any atom is 0.323 e. The largest absolute Gasteiger partial charge is 0.480 e. The second-order valence-corrected chi connectivity index (χ2v) is 10.4. The number of carboxylic acid groups (broad SMARTS) is 1. The number of aliphatic carboxylic acids is 1. The molecule has 9 nitrogen and oxygen atoms in total. The van der Waals surface area contributed by atoms with E-state index in [9.17, 15) is 27.5 Å². The minimum atomic E-state index is -4.18. The molecule has 1 fully saturated rings. The van der Waals surface area contributed by atoms with Crippen LogP contribution in [0.25, 0.3) is 0 Å². The number of aryl methyl sites for hydroxylation is 2. The molecule has 0 spiro atoms. The lowest BCUT2D eigenvalue weighted by molar-refractivity contribution is -0.150. The zero-order valence-electron chi connectivity index (χ0n) is 18.5. The third-order valence-electron chi connectivity index (χ3n) is 6.16. The molecule has 2 aliphatic heterocycles. The van der Waals surface area contributed by atoms with Gasteiger partial charge in [-0.15, -0.1) is 0 Å². The Morgan fingerprint density at radius 3 is 2.74 bits per heavy atom. The number of nitrogens with zero attached hydrogens (tertiary/aromatic N) is 2. The number of carbonyl (C=O) groups excluding carboxylic acids is 1. The Labute approximate surface area is 197 Å². The van der Waals surface area contributed by atoms with Gasteiger partial charge in [0.2, 0.25) is 15.9 Å². The van der Waals surface area contributed by atoms with Crippen LogP contribution in [0.5, 0.6) is 0 Å². The van der Waals surface area contributed by atoms with E-state index in [0.717, 1.165) is 68.0 Å². The number of benzene rings is 1. The van der Waals surface area contributed by atoms with Crippen LogP contribution in [-0.4, -0.2) is 61.0 Å². The summed E-state index contributed by atoms with van der Waals surface area (Å²) in [6.07, 6.45) is 4.30.